The third-order valence-corrected chi connectivity index (χ3v) is 11.1. The number of amides is 2. The number of hydrogen-bond acceptors (Lipinski definition) is 6. The van der Waals surface area contributed by atoms with Crippen molar-refractivity contribution in [3.05, 3.63) is 35.4 Å². The van der Waals surface area contributed by atoms with Crippen LogP contribution in [-0.4, -0.2) is 61.4 Å². The van der Waals surface area contributed by atoms with Crippen LogP contribution in [0.1, 0.15) is 48.9 Å². The highest BCUT2D eigenvalue weighted by Gasteiger charge is 2.44. The molecule has 2 amide bonds. The minimum absolute atomic E-state index is 0.0355. The lowest BCUT2D eigenvalue weighted by atomic mass is 10.1. The molecule has 0 saturated carbocycles. The van der Waals surface area contributed by atoms with E-state index in [9.17, 15) is 19.5 Å². The highest BCUT2D eigenvalue weighted by Crippen LogP contribution is 2.37. The number of hydrogen-bond donors (Lipinski definition) is 2. The summed E-state index contributed by atoms with van der Waals surface area (Å²) in [6, 6.07) is 5.84. The van der Waals surface area contributed by atoms with Crippen molar-refractivity contribution in [1.82, 2.24) is 10.4 Å². The van der Waals surface area contributed by atoms with E-state index in [-0.39, 0.29) is 10.3 Å². The maximum atomic E-state index is 12.9. The molecule has 0 aliphatic carbocycles. The van der Waals surface area contributed by atoms with Crippen molar-refractivity contribution in [1.29, 1.82) is 0 Å². The van der Waals surface area contributed by atoms with Crippen LogP contribution in [0, 0.1) is 0 Å². The van der Waals surface area contributed by atoms with Gasteiger partial charge in [-0.25, -0.2) is 9.59 Å². The summed E-state index contributed by atoms with van der Waals surface area (Å²) in [6.07, 6.45) is -1.41. The van der Waals surface area contributed by atoms with Crippen molar-refractivity contribution in [3.8, 4) is 0 Å². The summed E-state index contributed by atoms with van der Waals surface area (Å²) in [6.45, 7) is 11.6. The fraction of sp³-hybridized carbons (Fsp3) is 0.571. The topological polar surface area (TPSA) is 105 Å². The SMILES string of the molecule is CC1SCCNC(=O)C(N(O[Si](C)(C)C(C)(C)C)C(=O)O)COC(=O)c2ccccc21. The molecule has 0 radical (unpaired) electrons. The van der Waals surface area contributed by atoms with Crippen LogP contribution in [0.2, 0.25) is 18.1 Å². The van der Waals surface area contributed by atoms with Gasteiger partial charge in [0.05, 0.1) is 5.56 Å². The van der Waals surface area contributed by atoms with E-state index in [1.54, 1.807) is 23.9 Å². The lowest BCUT2D eigenvalue weighted by molar-refractivity contribution is -0.144. The molecule has 1 aliphatic rings. The molecule has 1 heterocycles. The van der Waals surface area contributed by atoms with Crippen LogP contribution in [0.15, 0.2) is 24.3 Å². The fourth-order valence-electron chi connectivity index (χ4n) is 2.76. The van der Waals surface area contributed by atoms with Crippen molar-refractivity contribution >= 4 is 38.0 Å². The lowest BCUT2D eigenvalue weighted by Crippen LogP contribution is -2.57. The molecule has 0 aromatic heterocycles. The number of fused-ring (bicyclic) bond motifs is 1. The van der Waals surface area contributed by atoms with Gasteiger partial charge < -0.3 is 19.7 Å². The van der Waals surface area contributed by atoms with Gasteiger partial charge in [-0.1, -0.05) is 39.0 Å². The molecular formula is C21H32N2O6SSi. The highest BCUT2D eigenvalue weighted by molar-refractivity contribution is 7.99. The van der Waals surface area contributed by atoms with Crippen molar-refractivity contribution < 1.29 is 28.8 Å². The minimum atomic E-state index is -2.58. The molecule has 8 nitrogen and oxygen atoms in total. The molecule has 2 rings (SSSR count). The average Bonchev–Trinajstić information content (AvgIpc) is 2.68. The number of carbonyl (C=O) groups is 3. The molecule has 2 N–H and O–H groups in total. The monoisotopic (exact) mass is 468 g/mol. The number of benzene rings is 1. The second-order valence-corrected chi connectivity index (χ2v) is 15.1. The molecule has 2 unspecified atom stereocenters. The van der Waals surface area contributed by atoms with Crippen LogP contribution in [0.3, 0.4) is 0 Å². The molecule has 10 heteroatoms. The van der Waals surface area contributed by atoms with Gasteiger partial charge in [-0.15, -0.1) is 0 Å². The average molecular weight is 469 g/mol. The van der Waals surface area contributed by atoms with E-state index in [4.69, 9.17) is 9.26 Å². The van der Waals surface area contributed by atoms with Crippen LogP contribution >= 0.6 is 11.8 Å². The normalized spacial score (nSPS) is 21.1. The van der Waals surface area contributed by atoms with Crippen molar-refractivity contribution in [2.45, 2.75) is 57.1 Å². The molecular weight excluding hydrogens is 436 g/mol. The number of hydroxylamine groups is 2. The van der Waals surface area contributed by atoms with E-state index in [2.05, 4.69) is 5.32 Å². The minimum Gasteiger partial charge on any atom is -0.463 e. The second-order valence-electron chi connectivity index (χ2n) is 8.97. The molecule has 0 saturated heterocycles. The quantitative estimate of drug-likeness (QED) is 0.392. The van der Waals surface area contributed by atoms with Gasteiger partial charge in [0.25, 0.3) is 0 Å². The number of carboxylic acid groups (broad SMARTS) is 1. The van der Waals surface area contributed by atoms with E-state index in [0.29, 0.717) is 22.9 Å². The third kappa shape index (κ3) is 6.24. The first-order chi connectivity index (χ1) is 14.3. The van der Waals surface area contributed by atoms with E-state index >= 15 is 0 Å². The van der Waals surface area contributed by atoms with Gasteiger partial charge in [0.1, 0.15) is 6.61 Å². The predicted octanol–water partition coefficient (Wildman–Crippen LogP) is 4.05. The van der Waals surface area contributed by atoms with Gasteiger partial charge >= 0.3 is 12.1 Å². The van der Waals surface area contributed by atoms with Gasteiger partial charge in [0.15, 0.2) is 6.04 Å². The molecule has 0 bridgehead atoms. The summed E-state index contributed by atoms with van der Waals surface area (Å²) in [4.78, 5) is 37.7. The zero-order chi connectivity index (χ0) is 23.4. The van der Waals surface area contributed by atoms with Gasteiger partial charge in [0.2, 0.25) is 14.2 Å². The molecule has 1 aromatic rings. The lowest BCUT2D eigenvalue weighted by Gasteiger charge is -2.40. The Morgan fingerprint density at radius 3 is 2.55 bits per heavy atom. The Bertz CT molecular complexity index is 826. The first-order valence-corrected chi connectivity index (χ1v) is 14.2. The summed E-state index contributed by atoms with van der Waals surface area (Å²) in [5.41, 5.74) is 1.25. The number of ether oxygens (including phenoxy) is 1. The number of esters is 1. The van der Waals surface area contributed by atoms with Gasteiger partial charge in [-0.05, 0) is 36.7 Å². The predicted molar refractivity (Wildman–Crippen MR) is 123 cm³/mol. The molecule has 0 spiro atoms. The van der Waals surface area contributed by atoms with E-state index in [1.807, 2.05) is 52.9 Å². The Hall–Kier alpha value is -2.04. The Morgan fingerprint density at radius 1 is 1.29 bits per heavy atom. The van der Waals surface area contributed by atoms with Crippen molar-refractivity contribution in [2.24, 2.45) is 0 Å². The van der Waals surface area contributed by atoms with Crippen LogP contribution in [0.25, 0.3) is 0 Å². The summed E-state index contributed by atoms with van der Waals surface area (Å²) >= 11 is 1.59. The number of nitrogens with zero attached hydrogens (tertiary/aromatic N) is 1. The first kappa shape index (κ1) is 25.2. The number of nitrogens with one attached hydrogen (secondary N) is 1. The zero-order valence-electron chi connectivity index (χ0n) is 18.9. The molecule has 2 atom stereocenters. The Labute approximate surface area is 188 Å². The largest absolute Gasteiger partial charge is 0.463 e. The molecule has 31 heavy (non-hydrogen) atoms. The van der Waals surface area contributed by atoms with Crippen molar-refractivity contribution in [2.75, 3.05) is 18.9 Å². The Morgan fingerprint density at radius 2 is 1.94 bits per heavy atom. The Kier molecular flexibility index (Phi) is 8.18. The summed E-state index contributed by atoms with van der Waals surface area (Å²) in [5.74, 6) is -0.547. The van der Waals surface area contributed by atoms with Gasteiger partial charge in [-0.3, -0.25) is 4.79 Å². The first-order valence-electron chi connectivity index (χ1n) is 10.2. The molecule has 1 aromatic carbocycles. The molecule has 1 aliphatic heterocycles. The fourth-order valence-corrected chi connectivity index (χ4v) is 4.69. The standard InChI is InChI=1S/C21H32N2O6SSi/c1-14-15-9-7-8-10-16(15)19(25)28-13-17(18(24)22-11-12-30-14)23(20(26)27)29-31(5,6)21(2,3)4/h7-10,14,17H,11-13H2,1-6H3,(H,22,24)(H,26,27). The molecule has 0 fully saturated rings. The third-order valence-electron chi connectivity index (χ3n) is 5.67. The number of cyclic esters (lactones) is 1. The van der Waals surface area contributed by atoms with Crippen LogP contribution < -0.4 is 5.32 Å². The van der Waals surface area contributed by atoms with E-state index in [0.717, 1.165) is 5.56 Å². The van der Waals surface area contributed by atoms with Crippen molar-refractivity contribution in [3.63, 3.8) is 0 Å². The zero-order valence-corrected chi connectivity index (χ0v) is 20.7. The van der Waals surface area contributed by atoms with Crippen LogP contribution in [0.5, 0.6) is 0 Å². The smallest absolute Gasteiger partial charge is 0.431 e. The number of thioether (sulfide) groups is 1. The number of rotatable bonds is 3. The van der Waals surface area contributed by atoms with Crippen LogP contribution in [-0.2, 0) is 14.1 Å². The summed E-state index contributed by atoms with van der Waals surface area (Å²) in [7, 11) is -2.58. The highest BCUT2D eigenvalue weighted by atomic mass is 32.2. The van der Waals surface area contributed by atoms with Gasteiger partial charge in [0, 0.05) is 17.5 Å². The summed E-state index contributed by atoms with van der Waals surface area (Å²) in [5, 5.41) is 13.0. The van der Waals surface area contributed by atoms with Crippen LogP contribution in [0.4, 0.5) is 4.79 Å². The van der Waals surface area contributed by atoms with E-state index < -0.39 is 38.9 Å². The van der Waals surface area contributed by atoms with E-state index in [1.165, 1.54) is 0 Å². The second kappa shape index (κ2) is 10.1. The molecule has 172 valence electrons. The Balaban J connectivity index is 2.36. The number of carbonyl (C=O) groups excluding carboxylic acids is 2. The maximum absolute atomic E-state index is 12.9. The van der Waals surface area contributed by atoms with Gasteiger partial charge in [-0.2, -0.15) is 16.8 Å². The summed E-state index contributed by atoms with van der Waals surface area (Å²) < 4.78 is 11.4. The maximum Gasteiger partial charge on any atom is 0.431 e.